The van der Waals surface area contributed by atoms with Gasteiger partial charge in [-0.25, -0.2) is 20.2 Å². The number of carbonyl (C=O) groups is 1. The molecule has 2 aromatic rings. The van der Waals surface area contributed by atoms with Crippen LogP contribution in [0.1, 0.15) is 11.1 Å². The standard InChI is InChI=1S/C21H22N4O7/c26-19(20(17-7-3-1-4-8-17)15-31-13-11-22(20)24(27)28)21(18-9-5-2-6-10-18)16-32-14-12-23(21)25(29)30/h1-10H,11-16H2. The number of benzene rings is 2. The third-order valence-corrected chi connectivity index (χ3v) is 6.05. The maximum Gasteiger partial charge on any atom is 0.209 e. The second-order valence-corrected chi connectivity index (χ2v) is 7.61. The Hall–Kier alpha value is -3.57. The van der Waals surface area contributed by atoms with E-state index in [1.807, 2.05) is 0 Å². The van der Waals surface area contributed by atoms with Crippen molar-refractivity contribution in [1.82, 2.24) is 10.0 Å². The number of ketones is 1. The van der Waals surface area contributed by atoms with Gasteiger partial charge in [-0.2, -0.15) is 0 Å². The lowest BCUT2D eigenvalue weighted by Gasteiger charge is -2.47. The van der Waals surface area contributed by atoms with Gasteiger partial charge in [0.05, 0.1) is 26.4 Å². The molecule has 0 N–H and O–H groups in total. The highest BCUT2D eigenvalue weighted by Crippen LogP contribution is 2.43. The van der Waals surface area contributed by atoms with Crippen LogP contribution in [0.4, 0.5) is 0 Å². The zero-order valence-electron chi connectivity index (χ0n) is 17.2. The van der Waals surface area contributed by atoms with E-state index in [9.17, 15) is 25.0 Å². The van der Waals surface area contributed by atoms with E-state index in [0.717, 1.165) is 10.0 Å². The van der Waals surface area contributed by atoms with Crippen molar-refractivity contribution in [1.29, 1.82) is 0 Å². The third kappa shape index (κ3) is 3.26. The van der Waals surface area contributed by atoms with Gasteiger partial charge in [0.1, 0.15) is 13.1 Å². The molecule has 0 aliphatic carbocycles. The van der Waals surface area contributed by atoms with E-state index in [0.29, 0.717) is 11.1 Å². The van der Waals surface area contributed by atoms with Crippen molar-refractivity contribution in [2.45, 2.75) is 11.1 Å². The van der Waals surface area contributed by atoms with Gasteiger partial charge in [-0.05, 0) is 11.1 Å². The molecule has 11 nitrogen and oxygen atoms in total. The van der Waals surface area contributed by atoms with Crippen LogP contribution in [-0.4, -0.2) is 65.4 Å². The molecule has 2 heterocycles. The molecule has 2 saturated heterocycles. The van der Waals surface area contributed by atoms with E-state index in [1.165, 1.54) is 0 Å². The molecule has 2 unspecified atom stereocenters. The van der Waals surface area contributed by atoms with Crippen molar-refractivity contribution in [3.05, 3.63) is 92.0 Å². The zero-order valence-corrected chi connectivity index (χ0v) is 17.2. The molecule has 11 heteroatoms. The first kappa shape index (κ1) is 21.7. The van der Waals surface area contributed by atoms with Crippen LogP contribution >= 0.6 is 0 Å². The predicted molar refractivity (Wildman–Crippen MR) is 110 cm³/mol. The fraction of sp³-hybridized carbons (Fsp3) is 0.381. The number of rotatable bonds is 6. The van der Waals surface area contributed by atoms with Gasteiger partial charge in [-0.15, -0.1) is 10.0 Å². The number of Topliss-reactive ketones (excluding diaryl/α,β-unsaturated/α-hetero) is 1. The van der Waals surface area contributed by atoms with Crippen LogP contribution in [-0.2, 0) is 25.3 Å². The normalized spacial score (nSPS) is 25.9. The van der Waals surface area contributed by atoms with Crippen LogP contribution < -0.4 is 0 Å². The van der Waals surface area contributed by atoms with E-state index in [-0.39, 0.29) is 39.5 Å². The molecule has 0 spiro atoms. The first-order valence-electron chi connectivity index (χ1n) is 10.1. The first-order valence-corrected chi connectivity index (χ1v) is 10.1. The molecule has 0 radical (unpaired) electrons. The van der Waals surface area contributed by atoms with E-state index in [4.69, 9.17) is 9.47 Å². The fourth-order valence-corrected chi connectivity index (χ4v) is 4.58. The number of hydrazine groups is 2. The lowest BCUT2D eigenvalue weighted by atomic mass is 9.72. The Balaban J connectivity index is 2.00. The molecule has 0 bridgehead atoms. The smallest absolute Gasteiger partial charge is 0.209 e. The van der Waals surface area contributed by atoms with Gasteiger partial charge < -0.3 is 9.47 Å². The van der Waals surface area contributed by atoms with Crippen LogP contribution in [0.5, 0.6) is 0 Å². The molecule has 32 heavy (non-hydrogen) atoms. The second kappa shape index (κ2) is 8.52. The second-order valence-electron chi connectivity index (χ2n) is 7.61. The third-order valence-electron chi connectivity index (χ3n) is 6.05. The Bertz CT molecular complexity index is 926. The minimum atomic E-state index is -1.90. The molecular weight excluding hydrogens is 420 g/mol. The van der Waals surface area contributed by atoms with Gasteiger partial charge in [0.15, 0.2) is 10.1 Å². The molecule has 0 amide bonds. The Morgan fingerprint density at radius 1 is 0.750 bits per heavy atom. The van der Waals surface area contributed by atoms with Gasteiger partial charge in [-0.3, -0.25) is 4.79 Å². The van der Waals surface area contributed by atoms with Crippen LogP contribution in [0.15, 0.2) is 60.7 Å². The summed E-state index contributed by atoms with van der Waals surface area (Å²) < 4.78 is 11.2. The molecule has 2 fully saturated rings. The molecule has 2 atom stereocenters. The van der Waals surface area contributed by atoms with Crippen LogP contribution in [0.2, 0.25) is 0 Å². The van der Waals surface area contributed by atoms with Crippen molar-refractivity contribution < 1.29 is 24.3 Å². The molecule has 2 aliphatic rings. The number of hydrogen-bond acceptors (Lipinski definition) is 7. The van der Waals surface area contributed by atoms with Gasteiger partial charge in [0.25, 0.3) is 0 Å². The zero-order chi connectivity index (χ0) is 22.8. The van der Waals surface area contributed by atoms with Crippen molar-refractivity contribution >= 4 is 5.78 Å². The topological polar surface area (TPSA) is 128 Å². The Morgan fingerprint density at radius 2 is 1.12 bits per heavy atom. The highest BCUT2D eigenvalue weighted by molar-refractivity contribution is 5.98. The Kier molecular flexibility index (Phi) is 5.76. The monoisotopic (exact) mass is 442 g/mol. The maximum atomic E-state index is 14.6. The van der Waals surface area contributed by atoms with Gasteiger partial charge in [-0.1, -0.05) is 60.7 Å². The summed E-state index contributed by atoms with van der Waals surface area (Å²) in [7, 11) is 0. The van der Waals surface area contributed by atoms with E-state index in [1.54, 1.807) is 60.7 Å². The Morgan fingerprint density at radius 3 is 1.47 bits per heavy atom. The molecule has 0 saturated carbocycles. The van der Waals surface area contributed by atoms with E-state index < -0.39 is 26.9 Å². The summed E-state index contributed by atoms with van der Waals surface area (Å²) in [5.74, 6) is -0.741. The number of nitrogens with zero attached hydrogens (tertiary/aromatic N) is 4. The number of ether oxygens (including phenoxy) is 2. The summed E-state index contributed by atoms with van der Waals surface area (Å²) in [5.41, 5.74) is -3.14. The summed E-state index contributed by atoms with van der Waals surface area (Å²) in [6.07, 6.45) is 0. The highest BCUT2D eigenvalue weighted by atomic mass is 16.7. The number of hydrogen-bond donors (Lipinski definition) is 0. The summed E-state index contributed by atoms with van der Waals surface area (Å²) >= 11 is 0. The Labute approximate surface area is 183 Å². The summed E-state index contributed by atoms with van der Waals surface area (Å²) in [6, 6.07) is 16.5. The van der Waals surface area contributed by atoms with Crippen molar-refractivity contribution in [2.75, 3.05) is 39.5 Å². The summed E-state index contributed by atoms with van der Waals surface area (Å²) in [5, 5.41) is 24.7. The SMILES string of the molecule is O=C(C1(c2ccccc2)COCCN1[N+](=O)[O-])C1(c2ccccc2)COCCN1[N+](=O)[O-]. The van der Waals surface area contributed by atoms with Gasteiger partial charge in [0.2, 0.25) is 16.9 Å². The average Bonchev–Trinajstić information content (AvgIpc) is 2.84. The van der Waals surface area contributed by atoms with E-state index >= 15 is 0 Å². The quantitative estimate of drug-likeness (QED) is 0.481. The molecule has 0 aromatic heterocycles. The molecule has 2 aliphatic heterocycles. The first-order chi connectivity index (χ1) is 15.4. The van der Waals surface area contributed by atoms with Gasteiger partial charge >= 0.3 is 0 Å². The summed E-state index contributed by atoms with van der Waals surface area (Å²) in [6.45, 7) is -0.850. The van der Waals surface area contributed by atoms with Crippen LogP contribution in [0.3, 0.4) is 0 Å². The average molecular weight is 442 g/mol. The lowest BCUT2D eigenvalue weighted by molar-refractivity contribution is -0.686. The van der Waals surface area contributed by atoms with Crippen LogP contribution in [0.25, 0.3) is 0 Å². The predicted octanol–water partition coefficient (Wildman–Crippen LogP) is 1.39. The number of morpholine rings is 2. The number of nitro groups is 2. The maximum absolute atomic E-state index is 14.6. The fourth-order valence-electron chi connectivity index (χ4n) is 4.58. The number of carbonyl (C=O) groups excluding carboxylic acids is 1. The van der Waals surface area contributed by atoms with Gasteiger partial charge in [0, 0.05) is 0 Å². The highest BCUT2D eigenvalue weighted by Gasteiger charge is 2.66. The molecular formula is C21H22N4O7. The van der Waals surface area contributed by atoms with Crippen molar-refractivity contribution in [3.63, 3.8) is 0 Å². The lowest BCUT2D eigenvalue weighted by Crippen LogP contribution is -2.71. The van der Waals surface area contributed by atoms with Crippen LogP contribution in [0, 0.1) is 20.2 Å². The van der Waals surface area contributed by atoms with Crippen molar-refractivity contribution in [3.8, 4) is 0 Å². The minimum Gasteiger partial charge on any atom is -0.376 e. The molecule has 4 rings (SSSR count). The van der Waals surface area contributed by atoms with E-state index in [2.05, 4.69) is 0 Å². The molecule has 2 aromatic carbocycles. The largest absolute Gasteiger partial charge is 0.376 e. The summed E-state index contributed by atoms with van der Waals surface area (Å²) in [4.78, 5) is 38.8. The minimum absolute atomic E-state index is 0.0522. The molecule has 168 valence electrons. The van der Waals surface area contributed by atoms with Crippen molar-refractivity contribution in [2.24, 2.45) is 0 Å².